The summed E-state index contributed by atoms with van der Waals surface area (Å²) in [4.78, 5) is 0. The molecule has 2 N–H and O–H groups in total. The van der Waals surface area contributed by atoms with Crippen molar-refractivity contribution in [2.75, 3.05) is 14.2 Å². The van der Waals surface area contributed by atoms with Crippen LogP contribution in [0.15, 0.2) is 18.2 Å². The molecule has 0 aromatic heterocycles. The number of halogens is 1. The summed E-state index contributed by atoms with van der Waals surface area (Å²) in [6.45, 7) is 4.01. The molecular weight excluding hydrogens is 226 g/mol. The second-order valence-corrected chi connectivity index (χ2v) is 4.35. The fourth-order valence-corrected chi connectivity index (χ4v) is 1.52. The molecule has 92 valence electrons. The van der Waals surface area contributed by atoms with Crippen LogP contribution in [0.3, 0.4) is 0 Å². The van der Waals surface area contributed by atoms with Crippen molar-refractivity contribution in [3.63, 3.8) is 0 Å². The van der Waals surface area contributed by atoms with Gasteiger partial charge in [-0.15, -0.1) is 12.4 Å². The monoisotopic (exact) mass is 245 g/mol. The molecule has 0 bridgehead atoms. The number of nitrogens with two attached hydrogens (primary N) is 1. The summed E-state index contributed by atoms with van der Waals surface area (Å²) in [6, 6.07) is 5.88. The quantitative estimate of drug-likeness (QED) is 0.886. The minimum absolute atomic E-state index is 0. The van der Waals surface area contributed by atoms with Gasteiger partial charge in [-0.3, -0.25) is 0 Å². The lowest BCUT2D eigenvalue weighted by Crippen LogP contribution is -2.34. The first kappa shape index (κ1) is 15.1. The van der Waals surface area contributed by atoms with Gasteiger partial charge in [-0.1, -0.05) is 6.07 Å². The lowest BCUT2D eigenvalue weighted by Gasteiger charge is -2.19. The standard InChI is InChI=1S/C12H19NO2.ClH/c1-12(2,13)8-9-5-6-10(14-3)11(7-9)15-4;/h5-7H,8,13H2,1-4H3;1H. The molecule has 1 rings (SSSR count). The van der Waals surface area contributed by atoms with Crippen molar-refractivity contribution in [2.45, 2.75) is 25.8 Å². The van der Waals surface area contributed by atoms with Gasteiger partial charge in [0.15, 0.2) is 11.5 Å². The Morgan fingerprint density at radius 2 is 1.69 bits per heavy atom. The summed E-state index contributed by atoms with van der Waals surface area (Å²) in [7, 11) is 3.26. The van der Waals surface area contributed by atoms with Crippen LogP contribution in [-0.2, 0) is 6.42 Å². The highest BCUT2D eigenvalue weighted by atomic mass is 35.5. The molecular formula is C12H20ClNO2. The summed E-state index contributed by atoms with van der Waals surface area (Å²) in [6.07, 6.45) is 0.813. The van der Waals surface area contributed by atoms with Crippen molar-refractivity contribution >= 4 is 12.4 Å². The van der Waals surface area contributed by atoms with Gasteiger partial charge in [-0.2, -0.15) is 0 Å². The second kappa shape index (κ2) is 5.97. The smallest absolute Gasteiger partial charge is 0.160 e. The first-order valence-corrected chi connectivity index (χ1v) is 4.96. The van der Waals surface area contributed by atoms with Crippen molar-refractivity contribution in [3.8, 4) is 11.5 Å². The van der Waals surface area contributed by atoms with E-state index in [0.29, 0.717) is 0 Å². The lowest BCUT2D eigenvalue weighted by atomic mass is 9.96. The molecule has 0 aliphatic rings. The Morgan fingerprint density at radius 3 is 2.12 bits per heavy atom. The second-order valence-electron chi connectivity index (χ2n) is 4.35. The molecule has 4 heteroatoms. The maximum atomic E-state index is 5.96. The average Bonchev–Trinajstić information content (AvgIpc) is 2.15. The van der Waals surface area contributed by atoms with Gasteiger partial charge in [0.2, 0.25) is 0 Å². The predicted molar refractivity (Wildman–Crippen MR) is 68.8 cm³/mol. The predicted octanol–water partition coefficient (Wildman–Crippen LogP) is 2.41. The summed E-state index contributed by atoms with van der Waals surface area (Å²) >= 11 is 0. The van der Waals surface area contributed by atoms with Gasteiger partial charge < -0.3 is 15.2 Å². The van der Waals surface area contributed by atoms with E-state index < -0.39 is 0 Å². The van der Waals surface area contributed by atoms with E-state index >= 15 is 0 Å². The molecule has 0 unspecified atom stereocenters. The van der Waals surface area contributed by atoms with E-state index in [1.807, 2.05) is 32.0 Å². The van der Waals surface area contributed by atoms with E-state index in [9.17, 15) is 0 Å². The van der Waals surface area contributed by atoms with Crippen LogP contribution in [0.1, 0.15) is 19.4 Å². The Kier molecular flexibility index (Phi) is 5.62. The maximum Gasteiger partial charge on any atom is 0.160 e. The van der Waals surface area contributed by atoms with E-state index in [2.05, 4.69) is 0 Å². The van der Waals surface area contributed by atoms with Crippen LogP contribution in [-0.4, -0.2) is 19.8 Å². The van der Waals surface area contributed by atoms with Crippen molar-refractivity contribution in [1.29, 1.82) is 0 Å². The lowest BCUT2D eigenvalue weighted by molar-refractivity contribution is 0.354. The molecule has 0 heterocycles. The van der Waals surface area contributed by atoms with Crippen LogP contribution in [0.5, 0.6) is 11.5 Å². The number of hydrogen-bond donors (Lipinski definition) is 1. The molecule has 0 aliphatic heterocycles. The highest BCUT2D eigenvalue weighted by molar-refractivity contribution is 5.85. The summed E-state index contributed by atoms with van der Waals surface area (Å²) in [5.74, 6) is 1.50. The van der Waals surface area contributed by atoms with Crippen molar-refractivity contribution in [2.24, 2.45) is 5.73 Å². The van der Waals surface area contributed by atoms with Gasteiger partial charge >= 0.3 is 0 Å². The number of hydrogen-bond acceptors (Lipinski definition) is 3. The van der Waals surface area contributed by atoms with Crippen LogP contribution < -0.4 is 15.2 Å². The summed E-state index contributed by atoms with van der Waals surface area (Å²) < 4.78 is 10.4. The zero-order valence-electron chi connectivity index (χ0n) is 10.2. The third kappa shape index (κ3) is 4.29. The zero-order valence-corrected chi connectivity index (χ0v) is 11.1. The van der Waals surface area contributed by atoms with Crippen LogP contribution in [0.4, 0.5) is 0 Å². The summed E-state index contributed by atoms with van der Waals surface area (Å²) in [5, 5.41) is 0. The first-order chi connectivity index (χ1) is 6.96. The Morgan fingerprint density at radius 1 is 1.12 bits per heavy atom. The van der Waals surface area contributed by atoms with Crippen molar-refractivity contribution < 1.29 is 9.47 Å². The van der Waals surface area contributed by atoms with Gasteiger partial charge in [0.25, 0.3) is 0 Å². The molecule has 1 aromatic rings. The van der Waals surface area contributed by atoms with E-state index in [-0.39, 0.29) is 17.9 Å². The Balaban J connectivity index is 0.00000225. The highest BCUT2D eigenvalue weighted by Crippen LogP contribution is 2.28. The van der Waals surface area contributed by atoms with Crippen LogP contribution in [0, 0.1) is 0 Å². The molecule has 0 amide bonds. The van der Waals surface area contributed by atoms with Gasteiger partial charge in [0.1, 0.15) is 0 Å². The first-order valence-electron chi connectivity index (χ1n) is 4.96. The number of benzene rings is 1. The van der Waals surface area contributed by atoms with E-state index in [4.69, 9.17) is 15.2 Å². The molecule has 1 aromatic carbocycles. The Hall–Kier alpha value is -0.930. The fourth-order valence-electron chi connectivity index (χ4n) is 1.52. The average molecular weight is 246 g/mol. The zero-order chi connectivity index (χ0) is 11.5. The van der Waals surface area contributed by atoms with Gasteiger partial charge in [-0.25, -0.2) is 0 Å². The summed E-state index contributed by atoms with van der Waals surface area (Å²) in [5.41, 5.74) is 6.90. The molecule has 3 nitrogen and oxygen atoms in total. The molecule has 0 saturated carbocycles. The van der Waals surface area contributed by atoms with Crippen LogP contribution >= 0.6 is 12.4 Å². The van der Waals surface area contributed by atoms with Gasteiger partial charge in [0, 0.05) is 5.54 Å². The Bertz CT molecular complexity index is 334. The molecule has 0 atom stereocenters. The number of ether oxygens (including phenoxy) is 2. The van der Waals surface area contributed by atoms with Gasteiger partial charge in [-0.05, 0) is 38.0 Å². The van der Waals surface area contributed by atoms with Crippen molar-refractivity contribution in [3.05, 3.63) is 23.8 Å². The SMILES string of the molecule is COc1ccc(CC(C)(C)N)cc1OC.Cl. The normalized spacial score (nSPS) is 10.6. The fraction of sp³-hybridized carbons (Fsp3) is 0.500. The van der Waals surface area contributed by atoms with Gasteiger partial charge in [0.05, 0.1) is 14.2 Å². The van der Waals surface area contributed by atoms with E-state index in [0.717, 1.165) is 23.5 Å². The Labute approximate surface area is 103 Å². The van der Waals surface area contributed by atoms with Crippen molar-refractivity contribution in [1.82, 2.24) is 0 Å². The third-order valence-electron chi connectivity index (χ3n) is 2.11. The molecule has 0 aliphatic carbocycles. The maximum absolute atomic E-state index is 5.96. The number of methoxy groups -OCH3 is 2. The topological polar surface area (TPSA) is 44.5 Å². The van der Waals surface area contributed by atoms with Crippen LogP contribution in [0.25, 0.3) is 0 Å². The molecule has 0 spiro atoms. The molecule has 0 saturated heterocycles. The molecule has 0 radical (unpaired) electrons. The highest BCUT2D eigenvalue weighted by Gasteiger charge is 2.13. The van der Waals surface area contributed by atoms with E-state index in [1.54, 1.807) is 14.2 Å². The third-order valence-corrected chi connectivity index (χ3v) is 2.11. The molecule has 16 heavy (non-hydrogen) atoms. The number of rotatable bonds is 4. The van der Waals surface area contributed by atoms with E-state index in [1.165, 1.54) is 0 Å². The van der Waals surface area contributed by atoms with Crippen LogP contribution in [0.2, 0.25) is 0 Å². The minimum Gasteiger partial charge on any atom is -0.493 e. The minimum atomic E-state index is -0.209. The molecule has 0 fully saturated rings. The largest absolute Gasteiger partial charge is 0.493 e.